The van der Waals surface area contributed by atoms with Gasteiger partial charge in [0.25, 0.3) is 0 Å². The molecule has 0 N–H and O–H groups in total. The molecule has 2 nitrogen and oxygen atoms in total. The third-order valence-electron chi connectivity index (χ3n) is 4.47. The van der Waals surface area contributed by atoms with Gasteiger partial charge in [0.15, 0.2) is 0 Å². The van der Waals surface area contributed by atoms with Gasteiger partial charge in [0.1, 0.15) is 0 Å². The van der Waals surface area contributed by atoms with Crippen molar-refractivity contribution in [2.75, 3.05) is 7.11 Å². The SMILES string of the molecule is C/C=C(/c1scc(C(=O)OC)c1C)C1CCC(C)CC1. The van der Waals surface area contributed by atoms with Crippen LogP contribution in [0.5, 0.6) is 0 Å². The number of esters is 1. The highest BCUT2D eigenvalue weighted by atomic mass is 32.1. The van der Waals surface area contributed by atoms with E-state index in [1.165, 1.54) is 43.2 Å². The molecule has 20 heavy (non-hydrogen) atoms. The largest absolute Gasteiger partial charge is 0.465 e. The number of hydrogen-bond acceptors (Lipinski definition) is 3. The predicted octanol–water partition coefficient (Wildman–Crippen LogP) is 5.07. The molecule has 1 aliphatic carbocycles. The maximum absolute atomic E-state index is 11.7. The molecule has 1 aromatic rings. The van der Waals surface area contributed by atoms with Gasteiger partial charge in [-0.2, -0.15) is 0 Å². The predicted molar refractivity (Wildman–Crippen MR) is 85.2 cm³/mol. The number of methoxy groups -OCH3 is 1. The van der Waals surface area contributed by atoms with Crippen LogP contribution in [0.15, 0.2) is 11.5 Å². The first-order valence-corrected chi connectivity index (χ1v) is 8.29. The number of thiophene rings is 1. The van der Waals surface area contributed by atoms with Gasteiger partial charge in [0, 0.05) is 10.3 Å². The average molecular weight is 292 g/mol. The van der Waals surface area contributed by atoms with Crippen molar-refractivity contribution in [1.29, 1.82) is 0 Å². The van der Waals surface area contributed by atoms with Crippen molar-refractivity contribution < 1.29 is 9.53 Å². The monoisotopic (exact) mass is 292 g/mol. The molecule has 1 fully saturated rings. The molecule has 0 aromatic carbocycles. The van der Waals surface area contributed by atoms with Crippen LogP contribution in [-0.2, 0) is 4.74 Å². The maximum atomic E-state index is 11.7. The van der Waals surface area contributed by atoms with Crippen molar-refractivity contribution in [3.05, 3.63) is 27.5 Å². The van der Waals surface area contributed by atoms with E-state index in [9.17, 15) is 4.79 Å². The highest BCUT2D eigenvalue weighted by molar-refractivity contribution is 7.11. The van der Waals surface area contributed by atoms with E-state index >= 15 is 0 Å². The van der Waals surface area contributed by atoms with Crippen molar-refractivity contribution >= 4 is 22.9 Å². The Balaban J connectivity index is 2.25. The summed E-state index contributed by atoms with van der Waals surface area (Å²) >= 11 is 1.68. The zero-order valence-electron chi connectivity index (χ0n) is 12.9. The van der Waals surface area contributed by atoms with Crippen molar-refractivity contribution in [3.63, 3.8) is 0 Å². The number of allylic oxidation sites excluding steroid dienone is 2. The number of ether oxygens (including phenoxy) is 1. The molecule has 1 saturated carbocycles. The van der Waals surface area contributed by atoms with Crippen LogP contribution in [0.25, 0.3) is 5.57 Å². The van der Waals surface area contributed by atoms with Crippen molar-refractivity contribution in [2.45, 2.75) is 46.5 Å². The molecule has 0 spiro atoms. The van der Waals surface area contributed by atoms with E-state index in [2.05, 4.69) is 19.9 Å². The van der Waals surface area contributed by atoms with E-state index in [-0.39, 0.29) is 5.97 Å². The molecule has 0 bridgehead atoms. The van der Waals surface area contributed by atoms with Crippen LogP contribution in [-0.4, -0.2) is 13.1 Å². The van der Waals surface area contributed by atoms with E-state index in [4.69, 9.17) is 4.74 Å². The summed E-state index contributed by atoms with van der Waals surface area (Å²) in [6, 6.07) is 0. The standard InChI is InChI=1S/C17H24O2S/c1-5-14(13-8-6-11(2)7-9-13)16-12(3)15(10-20-16)17(18)19-4/h5,10-11,13H,6-9H2,1-4H3/b14-5+. The van der Waals surface area contributed by atoms with E-state index in [1.807, 2.05) is 12.3 Å². The normalized spacial score (nSPS) is 23.7. The summed E-state index contributed by atoms with van der Waals surface area (Å²) < 4.78 is 4.85. The summed E-state index contributed by atoms with van der Waals surface area (Å²) in [5, 5.41) is 1.94. The fourth-order valence-electron chi connectivity index (χ4n) is 3.14. The number of hydrogen-bond donors (Lipinski definition) is 0. The van der Waals surface area contributed by atoms with Crippen LogP contribution in [0.2, 0.25) is 0 Å². The smallest absolute Gasteiger partial charge is 0.338 e. The Labute approximate surface area is 125 Å². The summed E-state index contributed by atoms with van der Waals surface area (Å²) in [5.41, 5.74) is 3.22. The van der Waals surface area contributed by atoms with E-state index < -0.39 is 0 Å². The second-order valence-corrected chi connectivity index (χ2v) is 6.68. The molecule has 0 radical (unpaired) electrons. The van der Waals surface area contributed by atoms with Crippen LogP contribution in [0, 0.1) is 18.8 Å². The Kier molecular flexibility index (Phi) is 5.03. The minimum atomic E-state index is -0.224. The fourth-order valence-corrected chi connectivity index (χ4v) is 4.35. The van der Waals surface area contributed by atoms with E-state index in [0.717, 1.165) is 17.0 Å². The number of carbonyl (C=O) groups excluding carboxylic acids is 1. The molecule has 0 saturated heterocycles. The van der Waals surface area contributed by atoms with Gasteiger partial charge in [-0.15, -0.1) is 11.3 Å². The Morgan fingerprint density at radius 2 is 2.00 bits per heavy atom. The maximum Gasteiger partial charge on any atom is 0.338 e. The lowest BCUT2D eigenvalue weighted by molar-refractivity contribution is 0.0600. The summed E-state index contributed by atoms with van der Waals surface area (Å²) in [5.74, 6) is 1.29. The number of carbonyl (C=O) groups is 1. The van der Waals surface area contributed by atoms with Gasteiger partial charge in [-0.05, 0) is 49.7 Å². The van der Waals surface area contributed by atoms with Crippen LogP contribution in [0.3, 0.4) is 0 Å². The van der Waals surface area contributed by atoms with Crippen LogP contribution >= 0.6 is 11.3 Å². The molecule has 1 aromatic heterocycles. The Bertz CT molecular complexity index is 505. The van der Waals surface area contributed by atoms with Crippen LogP contribution < -0.4 is 0 Å². The fraction of sp³-hybridized carbons (Fsp3) is 0.588. The summed E-state index contributed by atoms with van der Waals surface area (Å²) in [7, 11) is 1.44. The van der Waals surface area contributed by atoms with Gasteiger partial charge in [-0.1, -0.05) is 25.8 Å². The van der Waals surface area contributed by atoms with Crippen LogP contribution in [0.1, 0.15) is 60.3 Å². The second-order valence-electron chi connectivity index (χ2n) is 5.80. The first-order valence-electron chi connectivity index (χ1n) is 7.41. The van der Waals surface area contributed by atoms with Gasteiger partial charge < -0.3 is 4.74 Å². The first kappa shape index (κ1) is 15.3. The minimum absolute atomic E-state index is 0.224. The average Bonchev–Trinajstić information content (AvgIpc) is 2.83. The third kappa shape index (κ3) is 2.98. The lowest BCUT2D eigenvalue weighted by atomic mass is 9.78. The van der Waals surface area contributed by atoms with Crippen molar-refractivity contribution in [2.24, 2.45) is 11.8 Å². The second kappa shape index (κ2) is 6.57. The lowest BCUT2D eigenvalue weighted by Crippen LogP contribution is -2.14. The highest BCUT2D eigenvalue weighted by Crippen LogP contribution is 2.41. The molecule has 0 atom stereocenters. The molecule has 0 amide bonds. The topological polar surface area (TPSA) is 26.3 Å². The van der Waals surface area contributed by atoms with Gasteiger partial charge in [-0.3, -0.25) is 0 Å². The first-order chi connectivity index (χ1) is 9.58. The molecule has 3 heteroatoms. The van der Waals surface area contributed by atoms with Gasteiger partial charge in [-0.25, -0.2) is 4.79 Å². The van der Waals surface area contributed by atoms with Crippen LogP contribution in [0.4, 0.5) is 0 Å². The van der Waals surface area contributed by atoms with Gasteiger partial charge >= 0.3 is 5.97 Å². The van der Waals surface area contributed by atoms with E-state index in [1.54, 1.807) is 11.3 Å². The summed E-state index contributed by atoms with van der Waals surface area (Å²) in [4.78, 5) is 13.0. The zero-order valence-corrected chi connectivity index (χ0v) is 13.7. The molecular weight excluding hydrogens is 268 g/mol. The minimum Gasteiger partial charge on any atom is -0.465 e. The molecule has 1 heterocycles. The quantitative estimate of drug-likeness (QED) is 0.727. The molecule has 2 rings (SSSR count). The third-order valence-corrected chi connectivity index (χ3v) is 5.60. The summed E-state index contributed by atoms with van der Waals surface area (Å²) in [6.07, 6.45) is 7.41. The molecule has 110 valence electrons. The summed E-state index contributed by atoms with van der Waals surface area (Å²) in [6.45, 7) is 6.49. The Hall–Kier alpha value is -1.09. The molecule has 0 unspecified atom stereocenters. The molecule has 0 aliphatic heterocycles. The molecule has 1 aliphatic rings. The lowest BCUT2D eigenvalue weighted by Gasteiger charge is -2.28. The van der Waals surface area contributed by atoms with E-state index in [0.29, 0.717) is 5.92 Å². The highest BCUT2D eigenvalue weighted by Gasteiger charge is 2.25. The zero-order chi connectivity index (χ0) is 14.7. The number of rotatable bonds is 3. The van der Waals surface area contributed by atoms with Crippen molar-refractivity contribution in [1.82, 2.24) is 0 Å². The van der Waals surface area contributed by atoms with Crippen molar-refractivity contribution in [3.8, 4) is 0 Å². The van der Waals surface area contributed by atoms with Gasteiger partial charge in [0.05, 0.1) is 12.7 Å². The Morgan fingerprint density at radius 1 is 1.35 bits per heavy atom. The Morgan fingerprint density at radius 3 is 2.55 bits per heavy atom. The molecular formula is C17H24O2S. The van der Waals surface area contributed by atoms with Gasteiger partial charge in [0.2, 0.25) is 0 Å².